The summed E-state index contributed by atoms with van der Waals surface area (Å²) in [4.78, 5) is 0. The highest BCUT2D eigenvalue weighted by Gasteiger charge is 2.44. The normalized spacial score (nSPS) is 30.4. The highest BCUT2D eigenvalue weighted by atomic mass is 28.4. The summed E-state index contributed by atoms with van der Waals surface area (Å²) in [5, 5.41) is 11.0. The van der Waals surface area contributed by atoms with Crippen molar-refractivity contribution in [2.75, 3.05) is 6.61 Å². The molecule has 1 fully saturated rings. The van der Waals surface area contributed by atoms with E-state index < -0.39 is 14.4 Å². The lowest BCUT2D eigenvalue weighted by Gasteiger charge is -2.44. The summed E-state index contributed by atoms with van der Waals surface area (Å²) in [5.74, 6) is 0.123. The molecule has 1 aliphatic rings. The number of aliphatic hydroxyl groups excluding tert-OH is 1. The van der Waals surface area contributed by atoms with Crippen LogP contribution in [0.25, 0.3) is 0 Å². The van der Waals surface area contributed by atoms with E-state index in [1.807, 2.05) is 30.3 Å². The van der Waals surface area contributed by atoms with Gasteiger partial charge < -0.3 is 19.0 Å². The first-order valence-corrected chi connectivity index (χ1v) is 12.6. The van der Waals surface area contributed by atoms with Crippen molar-refractivity contribution >= 4 is 8.32 Å². The zero-order chi connectivity index (χ0) is 19.5. The molecule has 26 heavy (non-hydrogen) atoms. The molecule has 1 aromatic carbocycles. The third kappa shape index (κ3) is 5.17. The molecule has 4 nitrogen and oxygen atoms in total. The van der Waals surface area contributed by atoms with Crippen LogP contribution in [0.2, 0.25) is 18.1 Å². The molecule has 1 aliphatic heterocycles. The van der Waals surface area contributed by atoms with Gasteiger partial charge in [0.2, 0.25) is 0 Å². The monoisotopic (exact) mass is 380 g/mol. The average Bonchev–Trinajstić information content (AvgIpc) is 2.57. The van der Waals surface area contributed by atoms with Crippen LogP contribution in [0.15, 0.2) is 30.3 Å². The Hall–Kier alpha value is -0.723. The molecule has 5 atom stereocenters. The Morgan fingerprint density at radius 1 is 1.12 bits per heavy atom. The van der Waals surface area contributed by atoms with E-state index in [4.69, 9.17) is 13.9 Å². The van der Waals surface area contributed by atoms with E-state index in [9.17, 15) is 5.11 Å². The van der Waals surface area contributed by atoms with E-state index in [0.29, 0.717) is 13.2 Å². The van der Waals surface area contributed by atoms with Crippen LogP contribution in [0, 0.1) is 5.92 Å². The van der Waals surface area contributed by atoms with Gasteiger partial charge in [-0.25, -0.2) is 0 Å². The number of hydrogen-bond acceptors (Lipinski definition) is 4. The molecule has 1 N–H and O–H groups in total. The predicted molar refractivity (Wildman–Crippen MR) is 108 cm³/mol. The predicted octanol–water partition coefficient (Wildman–Crippen LogP) is 4.38. The maximum atomic E-state index is 10.9. The summed E-state index contributed by atoms with van der Waals surface area (Å²) >= 11 is 0. The lowest BCUT2D eigenvalue weighted by atomic mass is 9.88. The molecule has 0 aliphatic carbocycles. The second-order valence-corrected chi connectivity index (χ2v) is 13.9. The van der Waals surface area contributed by atoms with Crippen LogP contribution >= 0.6 is 0 Å². The van der Waals surface area contributed by atoms with E-state index in [-0.39, 0.29) is 29.3 Å². The summed E-state index contributed by atoms with van der Waals surface area (Å²) < 4.78 is 18.5. The highest BCUT2D eigenvalue weighted by Crippen LogP contribution is 2.37. The van der Waals surface area contributed by atoms with Crippen molar-refractivity contribution in [3.8, 4) is 0 Å². The highest BCUT2D eigenvalue weighted by molar-refractivity contribution is 6.74. The fraction of sp³-hybridized carbons (Fsp3) is 0.714. The molecular weight excluding hydrogens is 344 g/mol. The Balaban J connectivity index is 2.00. The molecule has 148 valence electrons. The van der Waals surface area contributed by atoms with Gasteiger partial charge in [0.15, 0.2) is 8.32 Å². The first-order chi connectivity index (χ1) is 12.0. The number of ether oxygens (including phenoxy) is 2. The molecule has 5 heteroatoms. The van der Waals surface area contributed by atoms with Crippen molar-refractivity contribution in [2.24, 2.45) is 5.92 Å². The molecule has 1 aromatic rings. The third-order valence-corrected chi connectivity index (χ3v) is 10.6. The quantitative estimate of drug-likeness (QED) is 0.744. The van der Waals surface area contributed by atoms with Gasteiger partial charge in [-0.2, -0.15) is 0 Å². The fourth-order valence-corrected chi connectivity index (χ4v) is 3.95. The van der Waals surface area contributed by atoms with Crippen LogP contribution in [0.1, 0.15) is 40.2 Å². The zero-order valence-electron chi connectivity index (χ0n) is 17.4. The third-order valence-electron chi connectivity index (χ3n) is 6.07. The van der Waals surface area contributed by atoms with Gasteiger partial charge in [-0.05, 0) is 30.6 Å². The van der Waals surface area contributed by atoms with Gasteiger partial charge in [0, 0.05) is 5.92 Å². The van der Waals surface area contributed by atoms with Gasteiger partial charge >= 0.3 is 0 Å². The number of rotatable bonds is 6. The molecule has 0 amide bonds. The average molecular weight is 381 g/mol. The first kappa shape index (κ1) is 21.6. The van der Waals surface area contributed by atoms with E-state index in [1.165, 1.54) is 0 Å². The topological polar surface area (TPSA) is 47.9 Å². The summed E-state index contributed by atoms with van der Waals surface area (Å²) in [5.41, 5.74) is 1.11. The van der Waals surface area contributed by atoms with Crippen LogP contribution in [0.4, 0.5) is 0 Å². The minimum absolute atomic E-state index is 0.0205. The van der Waals surface area contributed by atoms with Crippen LogP contribution in [0.3, 0.4) is 0 Å². The minimum Gasteiger partial charge on any atom is -0.414 e. The maximum Gasteiger partial charge on any atom is 0.192 e. The molecular formula is C21H36O4Si. The second-order valence-electron chi connectivity index (χ2n) is 9.06. The second kappa shape index (κ2) is 8.53. The minimum atomic E-state index is -1.88. The Kier molecular flexibility index (Phi) is 7.08. The van der Waals surface area contributed by atoms with E-state index in [0.717, 1.165) is 5.56 Å². The lowest BCUT2D eigenvalue weighted by molar-refractivity contribution is -0.216. The SMILES string of the molecule is CC1[C@H](C)OC(CO[Si](C)(C)C(C)(C)C)[C@H](O)[C@@H]1OCc1ccccc1. The van der Waals surface area contributed by atoms with Crippen molar-refractivity contribution in [3.63, 3.8) is 0 Å². The number of aliphatic hydroxyl groups is 1. The molecule has 0 aromatic heterocycles. The van der Waals surface area contributed by atoms with E-state index >= 15 is 0 Å². The van der Waals surface area contributed by atoms with Crippen LogP contribution in [0.5, 0.6) is 0 Å². The summed E-state index contributed by atoms with van der Waals surface area (Å²) in [6.07, 6.45) is -1.27. The van der Waals surface area contributed by atoms with Crippen molar-refractivity contribution in [2.45, 2.75) is 83.8 Å². The standard InChI is InChI=1S/C21H36O4Si/c1-15-16(2)25-18(14-24-26(6,7)21(3,4)5)19(22)20(15)23-13-17-11-9-8-10-12-17/h8-12,15-16,18-20,22H,13-14H2,1-7H3/t15?,16-,18?,19-,20+/m0/s1. The number of hydrogen-bond donors (Lipinski definition) is 1. The Bertz CT molecular complexity index is 555. The molecule has 0 bridgehead atoms. The zero-order valence-corrected chi connectivity index (χ0v) is 18.4. The molecule has 1 heterocycles. The molecule has 1 saturated heterocycles. The lowest BCUT2D eigenvalue weighted by Crippen LogP contribution is -2.56. The van der Waals surface area contributed by atoms with Crippen molar-refractivity contribution in [3.05, 3.63) is 35.9 Å². The molecule has 2 unspecified atom stereocenters. The van der Waals surface area contributed by atoms with Crippen molar-refractivity contribution in [1.82, 2.24) is 0 Å². The first-order valence-electron chi connectivity index (χ1n) is 9.66. The summed E-state index contributed by atoms with van der Waals surface area (Å²) in [6.45, 7) is 16.1. The van der Waals surface area contributed by atoms with Crippen LogP contribution < -0.4 is 0 Å². The van der Waals surface area contributed by atoms with Crippen molar-refractivity contribution < 1.29 is 19.0 Å². The molecule has 0 saturated carbocycles. The van der Waals surface area contributed by atoms with Gasteiger partial charge in [-0.1, -0.05) is 58.0 Å². The molecule has 0 radical (unpaired) electrons. The molecule has 0 spiro atoms. The van der Waals surface area contributed by atoms with Crippen molar-refractivity contribution in [1.29, 1.82) is 0 Å². The van der Waals surface area contributed by atoms with Gasteiger partial charge in [0.25, 0.3) is 0 Å². The fourth-order valence-electron chi connectivity index (χ4n) is 2.93. The summed E-state index contributed by atoms with van der Waals surface area (Å²) in [6, 6.07) is 10.1. The van der Waals surface area contributed by atoms with Crippen LogP contribution in [-0.4, -0.2) is 44.4 Å². The largest absolute Gasteiger partial charge is 0.414 e. The van der Waals surface area contributed by atoms with Gasteiger partial charge in [-0.3, -0.25) is 0 Å². The summed E-state index contributed by atoms with van der Waals surface area (Å²) in [7, 11) is -1.88. The Morgan fingerprint density at radius 3 is 2.31 bits per heavy atom. The van der Waals surface area contributed by atoms with E-state index in [2.05, 4.69) is 47.7 Å². The van der Waals surface area contributed by atoms with Gasteiger partial charge in [-0.15, -0.1) is 0 Å². The van der Waals surface area contributed by atoms with E-state index in [1.54, 1.807) is 0 Å². The smallest absolute Gasteiger partial charge is 0.192 e. The number of benzene rings is 1. The van der Waals surface area contributed by atoms with Gasteiger partial charge in [0.05, 0.1) is 25.4 Å². The maximum absolute atomic E-state index is 10.9. The Labute approximate surface area is 160 Å². The Morgan fingerprint density at radius 2 is 1.73 bits per heavy atom. The van der Waals surface area contributed by atoms with Gasteiger partial charge in [0.1, 0.15) is 12.2 Å². The van der Waals surface area contributed by atoms with Crippen LogP contribution in [-0.2, 0) is 20.5 Å². The molecule has 2 rings (SSSR count).